The van der Waals surface area contributed by atoms with E-state index in [2.05, 4.69) is 10.5 Å². The molecule has 6 nitrogen and oxygen atoms in total. The third kappa shape index (κ3) is 4.41. The molecule has 2 aromatic rings. The minimum Gasteiger partial charge on any atom is -0.496 e. The molecular formula is C17H17N3O3. The van der Waals surface area contributed by atoms with E-state index in [1.165, 1.54) is 29.1 Å². The highest BCUT2D eigenvalue weighted by Gasteiger charge is 2.04. The zero-order chi connectivity index (χ0) is 16.7. The van der Waals surface area contributed by atoms with Gasteiger partial charge in [0.25, 0.3) is 5.91 Å². The number of carbonyl (C=O) groups excluding carboxylic acids is 1. The second-order valence-electron chi connectivity index (χ2n) is 4.69. The molecule has 0 saturated carbocycles. The zero-order valence-electron chi connectivity index (χ0n) is 12.9. The summed E-state index contributed by atoms with van der Waals surface area (Å²) in [5.41, 5.74) is 3.48. The Labute approximate surface area is 133 Å². The molecular weight excluding hydrogens is 294 g/mol. The van der Waals surface area contributed by atoms with Crippen LogP contribution in [0.2, 0.25) is 0 Å². The number of carbonyl (C=O) groups is 1. The van der Waals surface area contributed by atoms with E-state index in [1.54, 1.807) is 20.2 Å². The van der Waals surface area contributed by atoms with Crippen LogP contribution in [0.15, 0.2) is 58.6 Å². The van der Waals surface area contributed by atoms with E-state index >= 15 is 0 Å². The second kappa shape index (κ2) is 7.74. The number of hydrazone groups is 1. The van der Waals surface area contributed by atoms with E-state index in [-0.39, 0.29) is 11.5 Å². The Morgan fingerprint density at radius 1 is 1.26 bits per heavy atom. The largest absolute Gasteiger partial charge is 0.496 e. The number of methoxy groups -OCH3 is 1. The van der Waals surface area contributed by atoms with Crippen molar-refractivity contribution < 1.29 is 9.53 Å². The summed E-state index contributed by atoms with van der Waals surface area (Å²) in [6.07, 6.45) is 6.43. The smallest absolute Gasteiger partial charge is 0.272 e. The number of para-hydroxylation sites is 1. The van der Waals surface area contributed by atoms with Crippen LogP contribution in [0.25, 0.3) is 6.08 Å². The van der Waals surface area contributed by atoms with E-state index in [0.717, 1.165) is 11.3 Å². The number of aryl methyl sites for hydroxylation is 1. The van der Waals surface area contributed by atoms with Crippen molar-refractivity contribution >= 4 is 18.2 Å². The number of nitrogens with one attached hydrogen (secondary N) is 1. The zero-order valence-corrected chi connectivity index (χ0v) is 12.9. The predicted molar refractivity (Wildman–Crippen MR) is 89.7 cm³/mol. The summed E-state index contributed by atoms with van der Waals surface area (Å²) in [5, 5.41) is 3.83. The number of hydrogen-bond donors (Lipinski definition) is 1. The summed E-state index contributed by atoms with van der Waals surface area (Å²) in [5.74, 6) is 0.369. The SMILES string of the molecule is COc1ccccc1/C=C/C=NNC(=O)c1ccc(=O)n(C)c1. The molecule has 1 N–H and O–H groups in total. The van der Waals surface area contributed by atoms with Gasteiger partial charge >= 0.3 is 0 Å². The molecule has 118 valence electrons. The minimum absolute atomic E-state index is 0.176. The van der Waals surface area contributed by atoms with Gasteiger partial charge in [0.05, 0.1) is 12.7 Å². The van der Waals surface area contributed by atoms with E-state index in [4.69, 9.17) is 4.74 Å². The lowest BCUT2D eigenvalue weighted by molar-refractivity contribution is 0.0954. The molecule has 0 radical (unpaired) electrons. The van der Waals surface area contributed by atoms with Crippen molar-refractivity contribution in [2.75, 3.05) is 7.11 Å². The molecule has 6 heteroatoms. The number of aromatic nitrogens is 1. The fraction of sp³-hybridized carbons (Fsp3) is 0.118. The standard InChI is InChI=1S/C17H17N3O3/c1-20-12-14(9-10-16(20)21)17(22)19-18-11-5-7-13-6-3-4-8-15(13)23-2/h3-12H,1-2H3,(H,19,22)/b7-5+,18-11?. The summed E-state index contributed by atoms with van der Waals surface area (Å²) in [6.45, 7) is 0. The fourth-order valence-electron chi connectivity index (χ4n) is 1.88. The lowest BCUT2D eigenvalue weighted by Crippen LogP contribution is -2.22. The van der Waals surface area contributed by atoms with Crippen LogP contribution in [-0.4, -0.2) is 23.8 Å². The Kier molecular flexibility index (Phi) is 5.46. The number of ether oxygens (including phenoxy) is 1. The highest BCUT2D eigenvalue weighted by Crippen LogP contribution is 2.18. The van der Waals surface area contributed by atoms with Crippen molar-refractivity contribution in [3.05, 3.63) is 70.2 Å². The Morgan fingerprint density at radius 3 is 2.78 bits per heavy atom. The number of nitrogens with zero attached hydrogens (tertiary/aromatic N) is 2. The Hall–Kier alpha value is -3.15. The third-order valence-corrected chi connectivity index (χ3v) is 3.09. The van der Waals surface area contributed by atoms with Gasteiger partial charge in [0.1, 0.15) is 5.75 Å². The number of benzene rings is 1. The quantitative estimate of drug-likeness (QED) is 0.676. The first-order valence-electron chi connectivity index (χ1n) is 6.91. The first-order chi connectivity index (χ1) is 11.1. The summed E-state index contributed by atoms with van der Waals surface area (Å²) < 4.78 is 6.56. The molecule has 0 aliphatic heterocycles. The Morgan fingerprint density at radius 2 is 2.04 bits per heavy atom. The number of pyridine rings is 1. The molecule has 0 aliphatic carbocycles. The number of amides is 1. The second-order valence-corrected chi connectivity index (χ2v) is 4.69. The summed E-state index contributed by atoms with van der Waals surface area (Å²) in [7, 11) is 3.19. The summed E-state index contributed by atoms with van der Waals surface area (Å²) >= 11 is 0. The third-order valence-electron chi connectivity index (χ3n) is 3.09. The molecule has 1 amide bonds. The van der Waals surface area contributed by atoms with Crippen LogP contribution in [0.1, 0.15) is 15.9 Å². The molecule has 0 aliphatic rings. The molecule has 23 heavy (non-hydrogen) atoms. The maximum Gasteiger partial charge on any atom is 0.272 e. The van der Waals surface area contributed by atoms with Crippen LogP contribution in [0.3, 0.4) is 0 Å². The van der Waals surface area contributed by atoms with E-state index in [0.29, 0.717) is 5.56 Å². The van der Waals surface area contributed by atoms with Gasteiger partial charge in [0.2, 0.25) is 5.56 Å². The Balaban J connectivity index is 1.96. The van der Waals surface area contributed by atoms with Gasteiger partial charge in [-0.1, -0.05) is 18.2 Å². The molecule has 0 saturated heterocycles. The van der Waals surface area contributed by atoms with Gasteiger partial charge in [-0.25, -0.2) is 5.43 Å². The predicted octanol–water partition coefficient (Wildman–Crippen LogP) is 1.82. The van der Waals surface area contributed by atoms with Gasteiger partial charge < -0.3 is 9.30 Å². The van der Waals surface area contributed by atoms with Gasteiger partial charge in [-0.05, 0) is 24.3 Å². The lowest BCUT2D eigenvalue weighted by atomic mass is 10.2. The van der Waals surface area contributed by atoms with Crippen LogP contribution in [0.5, 0.6) is 5.75 Å². The maximum absolute atomic E-state index is 11.9. The van der Waals surface area contributed by atoms with Crippen molar-refractivity contribution in [1.29, 1.82) is 0 Å². The van der Waals surface area contributed by atoms with Crippen molar-refractivity contribution in [3.8, 4) is 5.75 Å². The van der Waals surface area contributed by atoms with Gasteiger partial charge in [-0.3, -0.25) is 9.59 Å². The monoisotopic (exact) mass is 311 g/mol. The molecule has 1 heterocycles. The van der Waals surface area contributed by atoms with Crippen LogP contribution in [0, 0.1) is 0 Å². The van der Waals surface area contributed by atoms with E-state index < -0.39 is 0 Å². The van der Waals surface area contributed by atoms with Crippen LogP contribution in [-0.2, 0) is 7.05 Å². The van der Waals surface area contributed by atoms with Gasteiger partial charge in [-0.2, -0.15) is 5.10 Å². The van der Waals surface area contributed by atoms with Gasteiger partial charge in [0, 0.05) is 31.1 Å². The van der Waals surface area contributed by atoms with Crippen LogP contribution in [0.4, 0.5) is 0 Å². The molecule has 0 bridgehead atoms. The van der Waals surface area contributed by atoms with E-state index in [9.17, 15) is 9.59 Å². The number of rotatable bonds is 5. The highest BCUT2D eigenvalue weighted by atomic mass is 16.5. The molecule has 1 aromatic carbocycles. The topological polar surface area (TPSA) is 72.7 Å². The highest BCUT2D eigenvalue weighted by molar-refractivity contribution is 5.94. The maximum atomic E-state index is 11.9. The van der Waals surface area contributed by atoms with Gasteiger partial charge in [0.15, 0.2) is 0 Å². The van der Waals surface area contributed by atoms with Gasteiger partial charge in [-0.15, -0.1) is 0 Å². The average molecular weight is 311 g/mol. The molecule has 2 rings (SSSR count). The first-order valence-corrected chi connectivity index (χ1v) is 6.91. The average Bonchev–Trinajstić information content (AvgIpc) is 2.57. The molecule has 0 unspecified atom stereocenters. The summed E-state index contributed by atoms with van der Waals surface area (Å²) in [6, 6.07) is 10.3. The Bertz CT molecular complexity index is 807. The number of hydrogen-bond acceptors (Lipinski definition) is 4. The molecule has 0 fully saturated rings. The molecule has 0 atom stereocenters. The molecule has 0 spiro atoms. The first kappa shape index (κ1) is 16.2. The van der Waals surface area contributed by atoms with Crippen LogP contribution >= 0.6 is 0 Å². The minimum atomic E-state index is -0.387. The van der Waals surface area contributed by atoms with Crippen molar-refractivity contribution in [3.63, 3.8) is 0 Å². The summed E-state index contributed by atoms with van der Waals surface area (Å²) in [4.78, 5) is 23.1. The normalized spacial score (nSPS) is 11.0. The van der Waals surface area contributed by atoms with Crippen molar-refractivity contribution in [2.24, 2.45) is 12.1 Å². The van der Waals surface area contributed by atoms with Crippen molar-refractivity contribution in [2.45, 2.75) is 0 Å². The molecule has 1 aromatic heterocycles. The lowest BCUT2D eigenvalue weighted by Gasteiger charge is -2.02. The van der Waals surface area contributed by atoms with E-state index in [1.807, 2.05) is 30.3 Å². The fourth-order valence-corrected chi connectivity index (χ4v) is 1.88. The van der Waals surface area contributed by atoms with Crippen LogP contribution < -0.4 is 15.7 Å². The van der Waals surface area contributed by atoms with Crippen molar-refractivity contribution in [1.82, 2.24) is 9.99 Å². The number of allylic oxidation sites excluding steroid dienone is 1.